The molecule has 22 heavy (non-hydrogen) atoms. The van der Waals surface area contributed by atoms with Gasteiger partial charge in [-0.2, -0.15) is 0 Å². The molecular formula is C16H20Cl2N2O2. The van der Waals surface area contributed by atoms with Gasteiger partial charge >= 0.3 is 0 Å². The van der Waals surface area contributed by atoms with Crippen LogP contribution in [0.4, 0.5) is 5.69 Å². The van der Waals surface area contributed by atoms with Gasteiger partial charge in [-0.1, -0.05) is 23.2 Å². The molecule has 0 aliphatic carbocycles. The fourth-order valence-electron chi connectivity index (χ4n) is 3.11. The third kappa shape index (κ3) is 3.67. The molecular weight excluding hydrogens is 323 g/mol. The first-order valence-electron chi connectivity index (χ1n) is 7.71. The maximum atomic E-state index is 12.5. The summed E-state index contributed by atoms with van der Waals surface area (Å²) in [7, 11) is 0. The van der Waals surface area contributed by atoms with Crippen LogP contribution < -0.4 is 4.90 Å². The van der Waals surface area contributed by atoms with Crippen molar-refractivity contribution in [3.63, 3.8) is 0 Å². The SMILES string of the molecule is O=C(C1CCOCC1)N1CCN(c2cc(Cl)cc(Cl)c2)CC1. The number of rotatable bonds is 2. The Balaban J connectivity index is 1.58. The highest BCUT2D eigenvalue weighted by Crippen LogP contribution is 2.27. The Hall–Kier alpha value is -0.970. The summed E-state index contributed by atoms with van der Waals surface area (Å²) >= 11 is 12.1. The third-order valence-electron chi connectivity index (χ3n) is 4.37. The van der Waals surface area contributed by atoms with Crippen molar-refractivity contribution < 1.29 is 9.53 Å². The molecule has 6 heteroatoms. The largest absolute Gasteiger partial charge is 0.381 e. The first-order valence-corrected chi connectivity index (χ1v) is 8.46. The Morgan fingerprint density at radius 1 is 1.00 bits per heavy atom. The van der Waals surface area contributed by atoms with E-state index in [0.29, 0.717) is 23.3 Å². The Morgan fingerprint density at radius 3 is 2.18 bits per heavy atom. The van der Waals surface area contributed by atoms with E-state index in [1.54, 1.807) is 6.07 Å². The van der Waals surface area contributed by atoms with E-state index in [4.69, 9.17) is 27.9 Å². The van der Waals surface area contributed by atoms with Crippen LogP contribution in [0, 0.1) is 5.92 Å². The highest BCUT2D eigenvalue weighted by atomic mass is 35.5. The maximum Gasteiger partial charge on any atom is 0.225 e. The van der Waals surface area contributed by atoms with E-state index in [9.17, 15) is 4.79 Å². The summed E-state index contributed by atoms with van der Waals surface area (Å²) in [5.74, 6) is 0.424. The van der Waals surface area contributed by atoms with Gasteiger partial charge in [0.25, 0.3) is 0 Å². The fraction of sp³-hybridized carbons (Fsp3) is 0.562. The second-order valence-electron chi connectivity index (χ2n) is 5.83. The molecule has 2 saturated heterocycles. The summed E-state index contributed by atoms with van der Waals surface area (Å²) in [5.41, 5.74) is 1.02. The Bertz CT molecular complexity index is 519. The van der Waals surface area contributed by atoms with Crippen molar-refractivity contribution in [2.75, 3.05) is 44.3 Å². The predicted octanol–water partition coefficient (Wildman–Crippen LogP) is 3.07. The van der Waals surface area contributed by atoms with Crippen molar-refractivity contribution in [1.29, 1.82) is 0 Å². The van der Waals surface area contributed by atoms with E-state index in [1.807, 2.05) is 17.0 Å². The monoisotopic (exact) mass is 342 g/mol. The van der Waals surface area contributed by atoms with Gasteiger partial charge in [0, 0.05) is 61.0 Å². The van der Waals surface area contributed by atoms with Crippen LogP contribution in [-0.4, -0.2) is 50.2 Å². The summed E-state index contributed by atoms with van der Waals surface area (Å²) in [5, 5.41) is 1.28. The average Bonchev–Trinajstić information content (AvgIpc) is 2.54. The summed E-state index contributed by atoms with van der Waals surface area (Å²) < 4.78 is 5.33. The van der Waals surface area contributed by atoms with E-state index < -0.39 is 0 Å². The molecule has 2 aliphatic rings. The number of piperazine rings is 1. The number of halogens is 2. The van der Waals surface area contributed by atoms with Crippen molar-refractivity contribution >= 4 is 34.8 Å². The molecule has 2 fully saturated rings. The zero-order chi connectivity index (χ0) is 15.5. The molecule has 0 spiro atoms. The third-order valence-corrected chi connectivity index (χ3v) is 4.81. The molecule has 120 valence electrons. The fourth-order valence-corrected chi connectivity index (χ4v) is 3.62. The van der Waals surface area contributed by atoms with Gasteiger partial charge in [-0.3, -0.25) is 4.79 Å². The molecule has 1 amide bonds. The van der Waals surface area contributed by atoms with Gasteiger partial charge in [0.2, 0.25) is 5.91 Å². The van der Waals surface area contributed by atoms with Crippen LogP contribution in [0.25, 0.3) is 0 Å². The van der Waals surface area contributed by atoms with Crippen LogP contribution in [0.2, 0.25) is 10.0 Å². The van der Waals surface area contributed by atoms with Gasteiger partial charge in [0.05, 0.1) is 0 Å². The lowest BCUT2D eigenvalue weighted by Gasteiger charge is -2.38. The Morgan fingerprint density at radius 2 is 1.59 bits per heavy atom. The minimum absolute atomic E-state index is 0.140. The first-order chi connectivity index (χ1) is 10.6. The lowest BCUT2D eigenvalue weighted by molar-refractivity contribution is -0.138. The molecule has 0 unspecified atom stereocenters. The lowest BCUT2D eigenvalue weighted by atomic mass is 9.98. The second kappa shape index (κ2) is 7.07. The number of benzene rings is 1. The highest BCUT2D eigenvalue weighted by molar-refractivity contribution is 6.35. The molecule has 0 radical (unpaired) electrons. The number of carbonyl (C=O) groups excluding carboxylic acids is 1. The van der Waals surface area contributed by atoms with E-state index in [1.165, 1.54) is 0 Å². The van der Waals surface area contributed by atoms with Crippen LogP contribution in [0.15, 0.2) is 18.2 Å². The predicted molar refractivity (Wildman–Crippen MR) is 88.8 cm³/mol. The van der Waals surface area contributed by atoms with Gasteiger partial charge in [0.15, 0.2) is 0 Å². The van der Waals surface area contributed by atoms with Crippen LogP contribution >= 0.6 is 23.2 Å². The molecule has 3 rings (SSSR count). The molecule has 0 bridgehead atoms. The highest BCUT2D eigenvalue weighted by Gasteiger charge is 2.28. The van der Waals surface area contributed by atoms with Gasteiger partial charge in [-0.05, 0) is 31.0 Å². The number of amides is 1. The van der Waals surface area contributed by atoms with Gasteiger partial charge in [0.1, 0.15) is 0 Å². The van der Waals surface area contributed by atoms with Crippen LogP contribution in [0.3, 0.4) is 0 Å². The molecule has 0 N–H and O–H groups in total. The topological polar surface area (TPSA) is 32.8 Å². The quantitative estimate of drug-likeness (QED) is 0.827. The molecule has 1 aromatic rings. The van der Waals surface area contributed by atoms with Crippen molar-refractivity contribution in [1.82, 2.24) is 4.90 Å². The summed E-state index contributed by atoms with van der Waals surface area (Å²) in [6, 6.07) is 5.57. The minimum Gasteiger partial charge on any atom is -0.381 e. The second-order valence-corrected chi connectivity index (χ2v) is 6.70. The Kier molecular flexibility index (Phi) is 5.11. The van der Waals surface area contributed by atoms with Crippen LogP contribution in [0.1, 0.15) is 12.8 Å². The zero-order valence-electron chi connectivity index (χ0n) is 12.4. The molecule has 0 atom stereocenters. The smallest absolute Gasteiger partial charge is 0.225 e. The Labute approximate surface area is 140 Å². The number of hydrogen-bond acceptors (Lipinski definition) is 3. The minimum atomic E-state index is 0.140. The van der Waals surface area contributed by atoms with E-state index >= 15 is 0 Å². The molecule has 4 nitrogen and oxygen atoms in total. The summed E-state index contributed by atoms with van der Waals surface area (Å²) in [4.78, 5) is 16.7. The first kappa shape index (κ1) is 15.9. The van der Waals surface area contributed by atoms with Crippen molar-refractivity contribution in [3.8, 4) is 0 Å². The van der Waals surface area contributed by atoms with Gasteiger partial charge in [-0.15, -0.1) is 0 Å². The summed E-state index contributed by atoms with van der Waals surface area (Å²) in [6.45, 7) is 4.53. The zero-order valence-corrected chi connectivity index (χ0v) is 13.9. The van der Waals surface area contributed by atoms with Crippen LogP contribution in [0.5, 0.6) is 0 Å². The molecule has 0 saturated carbocycles. The number of carbonyl (C=O) groups is 1. The maximum absolute atomic E-state index is 12.5. The van der Waals surface area contributed by atoms with Gasteiger partial charge in [-0.25, -0.2) is 0 Å². The van der Waals surface area contributed by atoms with Crippen molar-refractivity contribution in [3.05, 3.63) is 28.2 Å². The average molecular weight is 343 g/mol. The molecule has 2 aliphatic heterocycles. The van der Waals surface area contributed by atoms with E-state index in [-0.39, 0.29) is 11.8 Å². The van der Waals surface area contributed by atoms with E-state index in [0.717, 1.165) is 44.7 Å². The normalized spacial score (nSPS) is 20.3. The summed E-state index contributed by atoms with van der Waals surface area (Å²) in [6.07, 6.45) is 1.70. The standard InChI is InChI=1S/C16H20Cl2N2O2/c17-13-9-14(18)11-15(10-13)19-3-5-20(6-4-19)16(21)12-1-7-22-8-2-12/h9-12H,1-8H2. The van der Waals surface area contributed by atoms with Crippen LogP contribution in [-0.2, 0) is 9.53 Å². The van der Waals surface area contributed by atoms with Crippen molar-refractivity contribution in [2.24, 2.45) is 5.92 Å². The lowest BCUT2D eigenvalue weighted by Crippen LogP contribution is -2.51. The number of hydrogen-bond donors (Lipinski definition) is 0. The number of anilines is 1. The molecule has 0 aromatic heterocycles. The molecule has 2 heterocycles. The number of nitrogens with zero attached hydrogens (tertiary/aromatic N) is 2. The number of ether oxygens (including phenoxy) is 1. The van der Waals surface area contributed by atoms with Crippen molar-refractivity contribution in [2.45, 2.75) is 12.8 Å². The van der Waals surface area contributed by atoms with Gasteiger partial charge < -0.3 is 14.5 Å². The van der Waals surface area contributed by atoms with E-state index in [2.05, 4.69) is 4.90 Å². The molecule has 1 aromatic carbocycles.